The molecule has 3 heteroatoms. The van der Waals surface area contributed by atoms with Gasteiger partial charge in [0, 0.05) is 22.9 Å². The van der Waals surface area contributed by atoms with Crippen LogP contribution in [0.1, 0.15) is 29.3 Å². The first-order chi connectivity index (χ1) is 10.4. The fraction of sp³-hybridized carbons (Fsp3) is 0.278. The molecular formula is C18H18N2S. The maximum Gasteiger partial charge on any atom is 0.124 e. The molecule has 21 heavy (non-hydrogen) atoms. The van der Waals surface area contributed by atoms with Crippen LogP contribution in [0.2, 0.25) is 0 Å². The Morgan fingerprint density at radius 1 is 1.14 bits per heavy atom. The number of nitrogens with zero attached hydrogens (tertiary/aromatic N) is 1. The highest BCUT2D eigenvalue weighted by atomic mass is 32.1. The number of aromatic nitrogens is 1. The van der Waals surface area contributed by atoms with E-state index < -0.39 is 0 Å². The number of fused-ring (bicyclic) bond motifs is 2. The van der Waals surface area contributed by atoms with Gasteiger partial charge >= 0.3 is 0 Å². The van der Waals surface area contributed by atoms with Crippen LogP contribution in [0.4, 0.5) is 0 Å². The summed E-state index contributed by atoms with van der Waals surface area (Å²) in [4.78, 5) is 6.41. The highest BCUT2D eigenvalue weighted by Crippen LogP contribution is 2.39. The first kappa shape index (κ1) is 13.0. The third-order valence-electron chi connectivity index (χ3n) is 4.38. The number of nitrogens with two attached hydrogens (primary N) is 1. The summed E-state index contributed by atoms with van der Waals surface area (Å²) < 4.78 is 0. The van der Waals surface area contributed by atoms with Gasteiger partial charge in [0.1, 0.15) is 5.01 Å². The molecule has 0 aliphatic heterocycles. The Labute approximate surface area is 128 Å². The molecule has 1 aliphatic rings. The zero-order valence-corrected chi connectivity index (χ0v) is 12.7. The van der Waals surface area contributed by atoms with Crippen molar-refractivity contribution in [3.63, 3.8) is 0 Å². The molecule has 0 spiro atoms. The summed E-state index contributed by atoms with van der Waals surface area (Å²) in [5.41, 5.74) is 8.44. The molecule has 4 rings (SSSR count). The lowest BCUT2D eigenvalue weighted by Gasteiger charge is -2.18. The van der Waals surface area contributed by atoms with E-state index in [0.29, 0.717) is 12.5 Å². The second kappa shape index (κ2) is 5.24. The molecule has 0 saturated carbocycles. The van der Waals surface area contributed by atoms with Gasteiger partial charge in [0.15, 0.2) is 0 Å². The summed E-state index contributed by atoms with van der Waals surface area (Å²) in [7, 11) is 0. The first-order valence-electron chi connectivity index (χ1n) is 7.54. The smallest absolute Gasteiger partial charge is 0.124 e. The van der Waals surface area contributed by atoms with Crippen LogP contribution >= 0.6 is 11.3 Å². The number of rotatable bonds is 2. The van der Waals surface area contributed by atoms with E-state index in [4.69, 9.17) is 10.7 Å². The minimum absolute atomic E-state index is 0.453. The molecule has 1 aliphatic carbocycles. The van der Waals surface area contributed by atoms with Crippen molar-refractivity contribution >= 4 is 22.1 Å². The quantitative estimate of drug-likeness (QED) is 0.763. The van der Waals surface area contributed by atoms with Crippen molar-refractivity contribution in [2.75, 3.05) is 6.54 Å². The molecule has 1 atom stereocenters. The number of hydrogen-bond acceptors (Lipinski definition) is 3. The largest absolute Gasteiger partial charge is 0.330 e. The lowest BCUT2D eigenvalue weighted by molar-refractivity contribution is 0.554. The molecule has 0 amide bonds. The zero-order chi connectivity index (χ0) is 14.2. The van der Waals surface area contributed by atoms with Crippen LogP contribution in [0, 0.1) is 0 Å². The molecule has 1 unspecified atom stereocenters. The topological polar surface area (TPSA) is 38.9 Å². The van der Waals surface area contributed by atoms with E-state index in [9.17, 15) is 0 Å². The highest BCUT2D eigenvalue weighted by Gasteiger charge is 2.24. The molecule has 3 aromatic rings. The Kier molecular flexibility index (Phi) is 3.24. The molecule has 2 aromatic carbocycles. The Morgan fingerprint density at radius 2 is 2.00 bits per heavy atom. The van der Waals surface area contributed by atoms with Crippen LogP contribution in [0.15, 0.2) is 42.5 Å². The molecule has 0 bridgehead atoms. The lowest BCUT2D eigenvalue weighted by atomic mass is 9.91. The Morgan fingerprint density at radius 3 is 2.90 bits per heavy atom. The second-order valence-electron chi connectivity index (χ2n) is 5.68. The average Bonchev–Trinajstić information content (AvgIpc) is 2.98. The van der Waals surface area contributed by atoms with E-state index in [-0.39, 0.29) is 0 Å². The van der Waals surface area contributed by atoms with E-state index in [2.05, 4.69) is 42.5 Å². The Balaban J connectivity index is 1.88. The molecule has 0 radical (unpaired) electrons. The standard InChI is InChI=1S/C18H18N2S/c19-11-13-7-4-10-16-17(13)20-18(21-16)15-9-3-6-12-5-1-2-8-14(12)15/h1-3,5-6,8-9,13H,4,7,10-11,19H2. The van der Waals surface area contributed by atoms with Gasteiger partial charge in [0.2, 0.25) is 0 Å². The summed E-state index contributed by atoms with van der Waals surface area (Å²) in [5.74, 6) is 0.453. The minimum atomic E-state index is 0.453. The molecule has 2 nitrogen and oxygen atoms in total. The zero-order valence-electron chi connectivity index (χ0n) is 11.9. The Bertz CT molecular complexity index is 786. The maximum atomic E-state index is 5.92. The van der Waals surface area contributed by atoms with Crippen LogP contribution in [-0.4, -0.2) is 11.5 Å². The maximum absolute atomic E-state index is 5.92. The van der Waals surface area contributed by atoms with E-state index >= 15 is 0 Å². The second-order valence-corrected chi connectivity index (χ2v) is 6.76. The van der Waals surface area contributed by atoms with Crippen molar-refractivity contribution in [1.29, 1.82) is 0 Å². The summed E-state index contributed by atoms with van der Waals surface area (Å²) >= 11 is 1.86. The molecular weight excluding hydrogens is 276 g/mol. The molecule has 106 valence electrons. The summed E-state index contributed by atoms with van der Waals surface area (Å²) in [6.45, 7) is 0.714. The highest BCUT2D eigenvalue weighted by molar-refractivity contribution is 7.15. The van der Waals surface area contributed by atoms with E-state index in [1.165, 1.54) is 39.7 Å². The molecule has 1 heterocycles. The van der Waals surface area contributed by atoms with Crippen molar-refractivity contribution in [2.24, 2.45) is 5.73 Å². The number of benzene rings is 2. The third-order valence-corrected chi connectivity index (χ3v) is 5.54. The number of hydrogen-bond donors (Lipinski definition) is 1. The van der Waals surface area contributed by atoms with Gasteiger partial charge in [-0.3, -0.25) is 0 Å². The fourth-order valence-electron chi connectivity index (χ4n) is 3.26. The van der Waals surface area contributed by atoms with Crippen LogP contribution < -0.4 is 5.73 Å². The normalized spacial score (nSPS) is 17.9. The Hall–Kier alpha value is -1.71. The average molecular weight is 294 g/mol. The predicted octanol–water partition coefficient (Wildman–Crippen LogP) is 4.34. The van der Waals surface area contributed by atoms with Crippen LogP contribution in [-0.2, 0) is 6.42 Å². The van der Waals surface area contributed by atoms with Crippen molar-refractivity contribution in [3.05, 3.63) is 53.0 Å². The third kappa shape index (κ3) is 2.17. The van der Waals surface area contributed by atoms with Gasteiger partial charge in [-0.25, -0.2) is 4.98 Å². The number of thiazole rings is 1. The van der Waals surface area contributed by atoms with Gasteiger partial charge in [-0.15, -0.1) is 11.3 Å². The van der Waals surface area contributed by atoms with Crippen LogP contribution in [0.3, 0.4) is 0 Å². The fourth-order valence-corrected chi connectivity index (χ4v) is 4.49. The van der Waals surface area contributed by atoms with Crippen LogP contribution in [0.25, 0.3) is 21.3 Å². The SMILES string of the molecule is NCC1CCCc2sc(-c3cccc4ccccc34)nc21. The first-order valence-corrected chi connectivity index (χ1v) is 8.36. The van der Waals surface area contributed by atoms with E-state index in [1.54, 1.807) is 0 Å². The molecule has 2 N–H and O–H groups in total. The molecule has 0 fully saturated rings. The molecule has 1 aromatic heterocycles. The summed E-state index contributed by atoms with van der Waals surface area (Å²) in [6, 6.07) is 15.0. The van der Waals surface area contributed by atoms with Crippen LogP contribution in [0.5, 0.6) is 0 Å². The number of aryl methyl sites for hydroxylation is 1. The van der Waals surface area contributed by atoms with Gasteiger partial charge in [-0.1, -0.05) is 42.5 Å². The van der Waals surface area contributed by atoms with Crippen molar-refractivity contribution in [2.45, 2.75) is 25.2 Å². The van der Waals surface area contributed by atoms with Gasteiger partial charge in [-0.2, -0.15) is 0 Å². The lowest BCUT2D eigenvalue weighted by Crippen LogP contribution is -2.17. The summed E-state index contributed by atoms with van der Waals surface area (Å²) in [6.07, 6.45) is 3.59. The van der Waals surface area contributed by atoms with Gasteiger partial charge in [0.25, 0.3) is 0 Å². The van der Waals surface area contributed by atoms with E-state index in [1.807, 2.05) is 11.3 Å². The predicted molar refractivity (Wildman–Crippen MR) is 89.8 cm³/mol. The minimum Gasteiger partial charge on any atom is -0.330 e. The van der Waals surface area contributed by atoms with Gasteiger partial charge < -0.3 is 5.73 Å². The molecule has 0 saturated heterocycles. The van der Waals surface area contributed by atoms with Crippen molar-refractivity contribution in [1.82, 2.24) is 4.98 Å². The van der Waals surface area contributed by atoms with Crippen molar-refractivity contribution < 1.29 is 0 Å². The van der Waals surface area contributed by atoms with Gasteiger partial charge in [0.05, 0.1) is 5.69 Å². The van der Waals surface area contributed by atoms with Crippen molar-refractivity contribution in [3.8, 4) is 10.6 Å². The summed E-state index contributed by atoms with van der Waals surface area (Å²) in [5, 5.41) is 3.71. The monoisotopic (exact) mass is 294 g/mol. The van der Waals surface area contributed by atoms with Gasteiger partial charge in [-0.05, 0) is 30.0 Å². The van der Waals surface area contributed by atoms with E-state index in [0.717, 1.165) is 11.4 Å².